The molecule has 0 amide bonds. The summed E-state index contributed by atoms with van der Waals surface area (Å²) in [5.41, 5.74) is -0.405. The number of hydrogen-bond donors (Lipinski definition) is 0. The molecular weight excluding hydrogens is 252 g/mol. The van der Waals surface area contributed by atoms with E-state index in [-0.39, 0.29) is 17.8 Å². The monoisotopic (exact) mass is 278 g/mol. The molecule has 2 rings (SSSR count). The lowest BCUT2D eigenvalue weighted by atomic mass is 9.94. The van der Waals surface area contributed by atoms with Crippen molar-refractivity contribution < 1.29 is 9.53 Å². The van der Waals surface area contributed by atoms with E-state index in [1.807, 2.05) is 20.8 Å². The number of hydrogen-bond acceptors (Lipinski definition) is 4. The molecule has 0 aromatic rings. The number of carbonyl (C=O) groups is 1. The third-order valence-corrected chi connectivity index (χ3v) is 4.37. The van der Waals surface area contributed by atoms with Crippen LogP contribution in [0, 0.1) is 23.2 Å². The van der Waals surface area contributed by atoms with E-state index in [0.717, 1.165) is 45.2 Å². The summed E-state index contributed by atoms with van der Waals surface area (Å²) in [4.78, 5) is 14.7. The van der Waals surface area contributed by atoms with Crippen molar-refractivity contribution in [3.8, 4) is 6.07 Å². The van der Waals surface area contributed by atoms with Gasteiger partial charge in [-0.2, -0.15) is 5.26 Å². The lowest BCUT2D eigenvalue weighted by Gasteiger charge is -2.37. The maximum atomic E-state index is 12.3. The Hall–Kier alpha value is -1.08. The fourth-order valence-electron chi connectivity index (χ4n) is 3.39. The second kappa shape index (κ2) is 6.13. The molecule has 2 aliphatic rings. The molecule has 2 unspecified atom stereocenters. The van der Waals surface area contributed by atoms with Crippen LogP contribution in [0.4, 0.5) is 0 Å². The first-order valence-electron chi connectivity index (χ1n) is 7.77. The van der Waals surface area contributed by atoms with E-state index < -0.39 is 5.60 Å². The van der Waals surface area contributed by atoms with Gasteiger partial charge >= 0.3 is 5.97 Å². The van der Waals surface area contributed by atoms with E-state index in [2.05, 4.69) is 11.0 Å². The molecule has 1 saturated heterocycles. The van der Waals surface area contributed by atoms with Gasteiger partial charge in [0.1, 0.15) is 5.60 Å². The maximum absolute atomic E-state index is 12.3. The second-order valence-corrected chi connectivity index (χ2v) is 7.08. The minimum absolute atomic E-state index is 0.0212. The highest BCUT2D eigenvalue weighted by molar-refractivity contribution is 5.74. The van der Waals surface area contributed by atoms with E-state index in [4.69, 9.17) is 10.00 Å². The Bertz CT molecular complexity index is 386. The number of piperidine rings is 1. The van der Waals surface area contributed by atoms with Gasteiger partial charge in [0, 0.05) is 12.0 Å². The van der Waals surface area contributed by atoms with Crippen LogP contribution < -0.4 is 0 Å². The summed E-state index contributed by atoms with van der Waals surface area (Å²) in [6.07, 6.45) is 5.01. The first kappa shape index (κ1) is 15.3. The summed E-state index contributed by atoms with van der Waals surface area (Å²) in [5.74, 6) is 0.183. The number of rotatable bonds is 2. The lowest BCUT2D eigenvalue weighted by molar-refractivity contribution is -0.161. The van der Waals surface area contributed by atoms with Crippen LogP contribution in [0.15, 0.2) is 0 Å². The zero-order valence-electron chi connectivity index (χ0n) is 12.9. The van der Waals surface area contributed by atoms with Gasteiger partial charge in [0.15, 0.2) is 0 Å². The normalized spacial score (nSPS) is 29.1. The molecule has 4 heteroatoms. The molecule has 1 heterocycles. The van der Waals surface area contributed by atoms with E-state index in [0.29, 0.717) is 6.04 Å². The fraction of sp³-hybridized carbons (Fsp3) is 0.875. The van der Waals surface area contributed by atoms with Crippen LogP contribution in [0.25, 0.3) is 0 Å². The fourth-order valence-corrected chi connectivity index (χ4v) is 3.39. The first-order chi connectivity index (χ1) is 9.40. The Morgan fingerprint density at radius 1 is 1.20 bits per heavy atom. The molecule has 112 valence electrons. The molecule has 0 radical (unpaired) electrons. The maximum Gasteiger partial charge on any atom is 0.311 e. The molecule has 1 saturated carbocycles. The van der Waals surface area contributed by atoms with Gasteiger partial charge in [0.2, 0.25) is 0 Å². The largest absolute Gasteiger partial charge is 0.460 e. The third kappa shape index (κ3) is 3.73. The molecule has 2 fully saturated rings. The predicted octanol–water partition coefficient (Wildman–Crippen LogP) is 2.73. The Morgan fingerprint density at radius 3 is 2.40 bits per heavy atom. The number of nitriles is 1. The average molecular weight is 278 g/mol. The number of esters is 1. The van der Waals surface area contributed by atoms with Crippen molar-refractivity contribution in [3.63, 3.8) is 0 Å². The van der Waals surface area contributed by atoms with Crippen LogP contribution in [-0.2, 0) is 9.53 Å². The van der Waals surface area contributed by atoms with Crippen LogP contribution in [-0.4, -0.2) is 35.6 Å². The topological polar surface area (TPSA) is 53.3 Å². The molecule has 0 N–H and O–H groups in total. The summed E-state index contributed by atoms with van der Waals surface area (Å²) in [6.45, 7) is 7.66. The molecule has 4 nitrogen and oxygen atoms in total. The van der Waals surface area contributed by atoms with Crippen LogP contribution in [0.1, 0.15) is 52.9 Å². The van der Waals surface area contributed by atoms with Crippen molar-refractivity contribution in [2.45, 2.75) is 64.5 Å². The molecular formula is C16H26N2O2. The Morgan fingerprint density at radius 2 is 1.85 bits per heavy atom. The van der Waals surface area contributed by atoms with Gasteiger partial charge in [-0.1, -0.05) is 6.42 Å². The summed E-state index contributed by atoms with van der Waals surface area (Å²) >= 11 is 0. The standard InChI is InChI=1S/C16H26N2O2/c1-16(2,3)20-15(19)13-5-4-6-14(13)18-9-7-12(11-17)8-10-18/h12-14H,4-10H2,1-3H3. The third-order valence-electron chi connectivity index (χ3n) is 4.37. The van der Waals surface area contributed by atoms with Crippen LogP contribution in [0.2, 0.25) is 0 Å². The smallest absolute Gasteiger partial charge is 0.311 e. The summed E-state index contributed by atoms with van der Waals surface area (Å²) in [5, 5.41) is 8.97. The van der Waals surface area contributed by atoms with E-state index in [9.17, 15) is 4.79 Å². The van der Waals surface area contributed by atoms with Gasteiger partial charge in [-0.3, -0.25) is 9.69 Å². The minimum atomic E-state index is -0.405. The van der Waals surface area contributed by atoms with Crippen molar-refractivity contribution >= 4 is 5.97 Å². The Labute approximate surface area is 122 Å². The number of carbonyl (C=O) groups excluding carboxylic acids is 1. The van der Waals surface area contributed by atoms with Gasteiger partial charge in [-0.15, -0.1) is 0 Å². The highest BCUT2D eigenvalue weighted by Gasteiger charge is 2.40. The quantitative estimate of drug-likeness (QED) is 0.729. The molecule has 2 atom stereocenters. The average Bonchev–Trinajstić information content (AvgIpc) is 2.86. The van der Waals surface area contributed by atoms with Gasteiger partial charge in [-0.25, -0.2) is 0 Å². The SMILES string of the molecule is CC(C)(C)OC(=O)C1CCCC1N1CCC(C#N)CC1. The first-order valence-corrected chi connectivity index (χ1v) is 7.77. The van der Waals surface area contributed by atoms with Gasteiger partial charge in [0.25, 0.3) is 0 Å². The van der Waals surface area contributed by atoms with Crippen LogP contribution >= 0.6 is 0 Å². The van der Waals surface area contributed by atoms with Crippen molar-refractivity contribution in [2.75, 3.05) is 13.1 Å². The van der Waals surface area contributed by atoms with Crippen molar-refractivity contribution in [2.24, 2.45) is 11.8 Å². The van der Waals surface area contributed by atoms with E-state index in [1.54, 1.807) is 0 Å². The van der Waals surface area contributed by atoms with Crippen molar-refractivity contribution in [1.29, 1.82) is 5.26 Å². The van der Waals surface area contributed by atoms with Gasteiger partial charge in [0.05, 0.1) is 12.0 Å². The van der Waals surface area contributed by atoms with Crippen molar-refractivity contribution in [1.82, 2.24) is 4.90 Å². The molecule has 1 aliphatic heterocycles. The highest BCUT2D eigenvalue weighted by Crippen LogP contribution is 2.34. The number of nitrogens with zero attached hydrogens (tertiary/aromatic N) is 2. The van der Waals surface area contributed by atoms with Crippen molar-refractivity contribution in [3.05, 3.63) is 0 Å². The van der Waals surface area contributed by atoms with E-state index >= 15 is 0 Å². The van der Waals surface area contributed by atoms with Crippen LogP contribution in [0.5, 0.6) is 0 Å². The van der Waals surface area contributed by atoms with E-state index in [1.165, 1.54) is 0 Å². The Balaban J connectivity index is 1.94. The molecule has 0 aromatic heterocycles. The van der Waals surface area contributed by atoms with Gasteiger partial charge < -0.3 is 4.74 Å². The molecule has 20 heavy (non-hydrogen) atoms. The highest BCUT2D eigenvalue weighted by atomic mass is 16.6. The minimum Gasteiger partial charge on any atom is -0.460 e. The lowest BCUT2D eigenvalue weighted by Crippen LogP contribution is -2.46. The predicted molar refractivity (Wildman–Crippen MR) is 76.9 cm³/mol. The zero-order chi connectivity index (χ0) is 14.8. The summed E-state index contributed by atoms with van der Waals surface area (Å²) < 4.78 is 5.57. The molecule has 0 spiro atoms. The van der Waals surface area contributed by atoms with Crippen LogP contribution in [0.3, 0.4) is 0 Å². The number of ether oxygens (including phenoxy) is 1. The molecule has 0 bridgehead atoms. The number of likely N-dealkylation sites (tertiary alicyclic amines) is 1. The zero-order valence-corrected chi connectivity index (χ0v) is 12.9. The van der Waals surface area contributed by atoms with Gasteiger partial charge in [-0.05, 0) is 59.5 Å². The second-order valence-electron chi connectivity index (χ2n) is 7.08. The molecule has 1 aliphatic carbocycles. The Kier molecular flexibility index (Phi) is 4.70. The summed E-state index contributed by atoms with van der Waals surface area (Å²) in [7, 11) is 0. The molecule has 0 aromatic carbocycles. The summed E-state index contributed by atoms with van der Waals surface area (Å²) in [6, 6.07) is 2.69.